The number of aliphatic hydroxyl groups is 1. The van der Waals surface area contributed by atoms with Crippen molar-refractivity contribution < 1.29 is 19.4 Å². The highest BCUT2D eigenvalue weighted by atomic mass is 35.5. The van der Waals surface area contributed by atoms with E-state index in [0.717, 1.165) is 39.7 Å². The van der Waals surface area contributed by atoms with Crippen LogP contribution in [-0.4, -0.2) is 76.9 Å². The van der Waals surface area contributed by atoms with Gasteiger partial charge in [0.15, 0.2) is 0 Å². The average molecular weight is 502 g/mol. The van der Waals surface area contributed by atoms with Crippen molar-refractivity contribution in [1.29, 1.82) is 0 Å². The number of aliphatic hydroxyl groups excluding tert-OH is 1. The van der Waals surface area contributed by atoms with Crippen LogP contribution in [0.5, 0.6) is 5.75 Å². The minimum Gasteiger partial charge on any atom is -0.490 e. The number of hydrogen-bond donors (Lipinski definition) is 1. The number of carbonyl (C=O) groups is 1. The van der Waals surface area contributed by atoms with Crippen molar-refractivity contribution in [1.82, 2.24) is 14.8 Å². The maximum atomic E-state index is 13.3. The predicted octanol–water partition coefficient (Wildman–Crippen LogP) is 3.68. The van der Waals surface area contributed by atoms with Gasteiger partial charge in [-0.05, 0) is 68.5 Å². The van der Waals surface area contributed by atoms with E-state index in [1.807, 2.05) is 43.1 Å². The number of amides is 1. The molecule has 2 aromatic rings. The summed E-state index contributed by atoms with van der Waals surface area (Å²) < 4.78 is 12.6. The fraction of sp³-hybridized carbons (Fsp3) is 0.556. The largest absolute Gasteiger partial charge is 0.490 e. The summed E-state index contributed by atoms with van der Waals surface area (Å²) >= 11 is 6.34. The number of benzene rings is 1. The fourth-order valence-corrected chi connectivity index (χ4v) is 5.02. The van der Waals surface area contributed by atoms with E-state index in [0.29, 0.717) is 45.6 Å². The number of pyridine rings is 1. The Morgan fingerprint density at radius 3 is 2.60 bits per heavy atom. The van der Waals surface area contributed by atoms with Crippen molar-refractivity contribution in [2.24, 2.45) is 0 Å². The van der Waals surface area contributed by atoms with Gasteiger partial charge in [0.1, 0.15) is 18.0 Å². The van der Waals surface area contributed by atoms with Crippen LogP contribution in [0, 0.1) is 20.8 Å². The van der Waals surface area contributed by atoms with E-state index < -0.39 is 5.60 Å². The Morgan fingerprint density at radius 2 is 1.91 bits per heavy atom. The first-order chi connectivity index (χ1) is 16.7. The molecule has 1 aromatic heterocycles. The van der Waals surface area contributed by atoms with Crippen LogP contribution >= 0.6 is 11.6 Å². The summed E-state index contributed by atoms with van der Waals surface area (Å²) in [6, 6.07) is 7.86. The lowest BCUT2D eigenvalue weighted by Gasteiger charge is -2.43. The molecular weight excluding hydrogens is 466 g/mol. The number of likely N-dealkylation sites (tertiary alicyclic amines) is 1. The highest BCUT2D eigenvalue weighted by Gasteiger charge is 2.41. The molecule has 1 aromatic carbocycles. The number of piperidine rings is 1. The molecule has 1 N–H and O–H groups in total. The first kappa shape index (κ1) is 25.9. The van der Waals surface area contributed by atoms with Gasteiger partial charge in [0, 0.05) is 43.9 Å². The fourth-order valence-electron chi connectivity index (χ4n) is 4.91. The number of aryl methyl sites for hydroxylation is 3. The van der Waals surface area contributed by atoms with Crippen molar-refractivity contribution >= 4 is 17.5 Å². The van der Waals surface area contributed by atoms with E-state index in [1.165, 1.54) is 0 Å². The van der Waals surface area contributed by atoms with Gasteiger partial charge in [-0.3, -0.25) is 14.7 Å². The second-order valence-electron chi connectivity index (χ2n) is 9.96. The molecule has 0 saturated carbocycles. The second kappa shape index (κ2) is 11.2. The first-order valence-electron chi connectivity index (χ1n) is 12.4. The molecule has 7 nitrogen and oxygen atoms in total. The summed E-state index contributed by atoms with van der Waals surface area (Å²) in [4.78, 5) is 22.0. The molecule has 35 heavy (non-hydrogen) atoms. The Kier molecular flexibility index (Phi) is 8.32. The van der Waals surface area contributed by atoms with Gasteiger partial charge < -0.3 is 19.5 Å². The van der Waals surface area contributed by atoms with Gasteiger partial charge >= 0.3 is 0 Å². The van der Waals surface area contributed by atoms with Crippen molar-refractivity contribution in [2.75, 3.05) is 39.4 Å². The number of rotatable bonds is 7. The predicted molar refractivity (Wildman–Crippen MR) is 136 cm³/mol. The molecule has 2 aliphatic rings. The zero-order chi connectivity index (χ0) is 25.0. The van der Waals surface area contributed by atoms with Crippen LogP contribution in [-0.2, 0) is 16.1 Å². The van der Waals surface area contributed by atoms with Gasteiger partial charge in [0.25, 0.3) is 0 Å². The van der Waals surface area contributed by atoms with Gasteiger partial charge in [-0.25, -0.2) is 0 Å². The molecule has 0 unspecified atom stereocenters. The summed E-state index contributed by atoms with van der Waals surface area (Å²) in [6.45, 7) is 9.93. The Labute approximate surface area is 213 Å². The monoisotopic (exact) mass is 501 g/mol. The van der Waals surface area contributed by atoms with Crippen LogP contribution < -0.4 is 4.74 Å². The standard InChI is InChI=1S/C27H36ClN3O4/c1-19-5-4-8-29-24(19)16-30-11-12-35-27(17-30,15-25(33)31-9-6-22(32)7-10-31)18-34-23-13-20(2)26(28)21(3)14-23/h4-5,8,13-14,22,32H,6-7,9-12,15-18H2,1-3H3/t27-/m1/s1. The Morgan fingerprint density at radius 1 is 1.20 bits per heavy atom. The lowest BCUT2D eigenvalue weighted by Crippen LogP contribution is -2.57. The third kappa shape index (κ3) is 6.53. The topological polar surface area (TPSA) is 75.1 Å². The minimum atomic E-state index is -0.782. The van der Waals surface area contributed by atoms with Crippen molar-refractivity contribution in [3.8, 4) is 5.75 Å². The van der Waals surface area contributed by atoms with Crippen molar-refractivity contribution in [3.63, 3.8) is 0 Å². The highest BCUT2D eigenvalue weighted by molar-refractivity contribution is 6.32. The van der Waals surface area contributed by atoms with Crippen LogP contribution in [0.15, 0.2) is 30.5 Å². The van der Waals surface area contributed by atoms with Gasteiger partial charge in [-0.1, -0.05) is 17.7 Å². The quantitative estimate of drug-likeness (QED) is 0.623. The molecule has 0 bridgehead atoms. The van der Waals surface area contributed by atoms with Gasteiger partial charge in [-0.15, -0.1) is 0 Å². The average Bonchev–Trinajstić information content (AvgIpc) is 2.83. The van der Waals surface area contributed by atoms with Crippen molar-refractivity contribution in [3.05, 3.63) is 57.9 Å². The summed E-state index contributed by atoms with van der Waals surface area (Å²) in [7, 11) is 0. The van der Waals surface area contributed by atoms with Gasteiger partial charge in [-0.2, -0.15) is 0 Å². The number of aromatic nitrogens is 1. The Bertz CT molecular complexity index is 1020. The zero-order valence-corrected chi connectivity index (χ0v) is 21.7. The van der Waals surface area contributed by atoms with E-state index >= 15 is 0 Å². The molecule has 3 heterocycles. The van der Waals surface area contributed by atoms with Crippen LogP contribution in [0.2, 0.25) is 5.02 Å². The van der Waals surface area contributed by atoms with E-state index in [1.54, 1.807) is 0 Å². The molecule has 8 heteroatoms. The number of morpholine rings is 1. The molecule has 1 amide bonds. The zero-order valence-electron chi connectivity index (χ0n) is 20.9. The summed E-state index contributed by atoms with van der Waals surface area (Å²) in [5.74, 6) is 0.762. The molecule has 2 saturated heterocycles. The summed E-state index contributed by atoms with van der Waals surface area (Å²) in [5.41, 5.74) is 3.31. The third-order valence-electron chi connectivity index (χ3n) is 7.02. The molecule has 0 radical (unpaired) electrons. The maximum absolute atomic E-state index is 13.3. The minimum absolute atomic E-state index is 0.0415. The molecule has 2 fully saturated rings. The molecule has 1 atom stereocenters. The van der Waals surface area contributed by atoms with Crippen LogP contribution in [0.4, 0.5) is 0 Å². The third-order valence-corrected chi connectivity index (χ3v) is 7.62. The van der Waals surface area contributed by atoms with Gasteiger partial charge in [0.05, 0.1) is 24.8 Å². The first-order valence-corrected chi connectivity index (χ1v) is 12.7. The van der Waals surface area contributed by atoms with E-state index in [9.17, 15) is 9.90 Å². The molecule has 0 spiro atoms. The lowest BCUT2D eigenvalue weighted by molar-refractivity contribution is -0.158. The van der Waals surface area contributed by atoms with Gasteiger partial charge in [0.2, 0.25) is 5.91 Å². The molecule has 0 aliphatic carbocycles. The Balaban J connectivity index is 1.52. The lowest BCUT2D eigenvalue weighted by atomic mass is 9.95. The molecule has 4 rings (SSSR count). The van der Waals surface area contributed by atoms with Crippen LogP contribution in [0.1, 0.15) is 41.6 Å². The molecule has 2 aliphatic heterocycles. The summed E-state index contributed by atoms with van der Waals surface area (Å²) in [6.07, 6.45) is 2.95. The number of halogens is 1. The number of nitrogens with zero attached hydrogens (tertiary/aromatic N) is 3. The molecular formula is C27H36ClN3O4. The van der Waals surface area contributed by atoms with Crippen LogP contribution in [0.3, 0.4) is 0 Å². The summed E-state index contributed by atoms with van der Waals surface area (Å²) in [5, 5.41) is 10.6. The Hall–Kier alpha value is -2.19. The van der Waals surface area contributed by atoms with E-state index in [-0.39, 0.29) is 25.0 Å². The smallest absolute Gasteiger partial charge is 0.225 e. The highest BCUT2D eigenvalue weighted by Crippen LogP contribution is 2.30. The maximum Gasteiger partial charge on any atom is 0.225 e. The van der Waals surface area contributed by atoms with Crippen molar-refractivity contribution in [2.45, 2.75) is 58.3 Å². The molecule has 190 valence electrons. The number of carbonyl (C=O) groups excluding carboxylic acids is 1. The van der Waals surface area contributed by atoms with Crippen LogP contribution in [0.25, 0.3) is 0 Å². The SMILES string of the molecule is Cc1cccnc1CN1CCO[C@](COc2cc(C)c(Cl)c(C)c2)(CC(=O)N2CCC(O)CC2)C1. The number of ether oxygens (including phenoxy) is 2. The second-order valence-corrected chi connectivity index (χ2v) is 10.3. The van der Waals surface area contributed by atoms with E-state index in [2.05, 4.69) is 22.9 Å². The number of hydrogen-bond acceptors (Lipinski definition) is 6. The van der Waals surface area contributed by atoms with E-state index in [4.69, 9.17) is 21.1 Å². The normalized spacial score (nSPS) is 21.8.